The zero-order valence-electron chi connectivity index (χ0n) is 10.5. The van der Waals surface area contributed by atoms with E-state index in [-0.39, 0.29) is 29.7 Å². The molecule has 0 aliphatic heterocycles. The van der Waals surface area contributed by atoms with Gasteiger partial charge in [-0.2, -0.15) is 0 Å². The van der Waals surface area contributed by atoms with Gasteiger partial charge < -0.3 is 15.5 Å². The van der Waals surface area contributed by atoms with Crippen LogP contribution in [0.15, 0.2) is 24.3 Å². The van der Waals surface area contributed by atoms with E-state index in [0.29, 0.717) is 6.42 Å². The van der Waals surface area contributed by atoms with Crippen molar-refractivity contribution in [2.24, 2.45) is 0 Å². The highest BCUT2D eigenvalue weighted by atomic mass is 16.3. The molecule has 1 saturated carbocycles. The number of aromatic hydroxyl groups is 1. The molecular weight excluding hydrogens is 230 g/mol. The smallest absolute Gasteiger partial charge is 0.227 e. The molecule has 1 unspecified atom stereocenters. The molecular formula is C14H19NO3. The Bertz CT molecular complexity index is 433. The molecule has 0 saturated heterocycles. The minimum absolute atomic E-state index is 0.0558. The highest BCUT2D eigenvalue weighted by Gasteiger charge is 2.26. The van der Waals surface area contributed by atoms with Gasteiger partial charge in [-0.3, -0.25) is 4.79 Å². The van der Waals surface area contributed by atoms with Gasteiger partial charge >= 0.3 is 0 Å². The lowest BCUT2D eigenvalue weighted by Crippen LogP contribution is -2.36. The maximum absolute atomic E-state index is 12.0. The summed E-state index contributed by atoms with van der Waals surface area (Å²) < 4.78 is 0. The van der Waals surface area contributed by atoms with Gasteiger partial charge in [0.25, 0.3) is 0 Å². The number of rotatable bonds is 3. The number of aliphatic hydroxyl groups is 1. The first kappa shape index (κ1) is 12.9. The summed E-state index contributed by atoms with van der Waals surface area (Å²) in [5, 5.41) is 21.8. The minimum atomic E-state index is -0.296. The first-order chi connectivity index (χ1) is 8.56. The number of benzene rings is 1. The molecule has 1 aromatic rings. The van der Waals surface area contributed by atoms with Crippen LogP contribution in [0.3, 0.4) is 0 Å². The molecule has 4 heteroatoms. The number of phenols is 1. The summed E-state index contributed by atoms with van der Waals surface area (Å²) in [6, 6.07) is 6.82. The molecule has 1 amide bonds. The number of nitrogens with one attached hydrogen (secondary N) is 1. The number of carbonyl (C=O) groups excluding carboxylic acids is 1. The van der Waals surface area contributed by atoms with Crippen LogP contribution in [0, 0.1) is 0 Å². The second kappa shape index (κ2) is 5.40. The topological polar surface area (TPSA) is 69.6 Å². The summed E-state index contributed by atoms with van der Waals surface area (Å²) in [6.45, 7) is 1.81. The third-order valence-corrected chi connectivity index (χ3v) is 3.51. The zero-order valence-corrected chi connectivity index (χ0v) is 10.5. The minimum Gasteiger partial charge on any atom is -0.508 e. The molecule has 0 aromatic heterocycles. The number of hydrogen-bond acceptors (Lipinski definition) is 3. The highest BCUT2D eigenvalue weighted by Crippen LogP contribution is 2.22. The fraction of sp³-hybridized carbons (Fsp3) is 0.500. The predicted octanol–water partition coefficient (Wildman–Crippen LogP) is 1.53. The van der Waals surface area contributed by atoms with E-state index >= 15 is 0 Å². The molecule has 98 valence electrons. The van der Waals surface area contributed by atoms with Crippen LogP contribution in [0.2, 0.25) is 0 Å². The van der Waals surface area contributed by atoms with Crippen LogP contribution < -0.4 is 5.32 Å². The normalized spacial score (nSPS) is 24.8. The second-order valence-electron chi connectivity index (χ2n) is 4.99. The fourth-order valence-corrected chi connectivity index (χ4v) is 2.36. The number of aliphatic hydroxyl groups excluding tert-OH is 1. The van der Waals surface area contributed by atoms with E-state index in [1.165, 1.54) is 0 Å². The summed E-state index contributed by atoms with van der Waals surface area (Å²) in [5.41, 5.74) is 0.797. The van der Waals surface area contributed by atoms with Crippen LogP contribution >= 0.6 is 0 Å². The molecule has 0 heterocycles. The first-order valence-electron chi connectivity index (χ1n) is 6.33. The van der Waals surface area contributed by atoms with Gasteiger partial charge in [-0.15, -0.1) is 0 Å². The van der Waals surface area contributed by atoms with E-state index < -0.39 is 0 Å². The molecule has 2 rings (SSSR count). The first-order valence-corrected chi connectivity index (χ1v) is 6.33. The molecule has 18 heavy (non-hydrogen) atoms. The van der Waals surface area contributed by atoms with Crippen LogP contribution in [0.25, 0.3) is 0 Å². The summed E-state index contributed by atoms with van der Waals surface area (Å²) in [6.07, 6.45) is 1.94. The van der Waals surface area contributed by atoms with Crippen molar-refractivity contribution in [2.45, 2.75) is 44.2 Å². The van der Waals surface area contributed by atoms with Gasteiger partial charge in [0.15, 0.2) is 0 Å². The lowest BCUT2D eigenvalue weighted by molar-refractivity contribution is -0.122. The van der Waals surface area contributed by atoms with Gasteiger partial charge in [0, 0.05) is 6.04 Å². The van der Waals surface area contributed by atoms with Crippen molar-refractivity contribution < 1.29 is 15.0 Å². The predicted molar refractivity (Wildman–Crippen MR) is 68.3 cm³/mol. The van der Waals surface area contributed by atoms with Crippen LogP contribution in [-0.2, 0) is 4.79 Å². The number of phenolic OH excluding ortho intramolecular Hbond substituents is 1. The van der Waals surface area contributed by atoms with Gasteiger partial charge in [0.1, 0.15) is 5.75 Å². The largest absolute Gasteiger partial charge is 0.508 e. The van der Waals surface area contributed by atoms with Gasteiger partial charge in [-0.1, -0.05) is 12.1 Å². The summed E-state index contributed by atoms with van der Waals surface area (Å²) >= 11 is 0. The summed E-state index contributed by atoms with van der Waals surface area (Å²) in [5.74, 6) is -0.182. The quantitative estimate of drug-likeness (QED) is 0.760. The van der Waals surface area contributed by atoms with Crippen molar-refractivity contribution in [3.8, 4) is 5.75 Å². The lowest BCUT2D eigenvalue weighted by atomic mass is 9.99. The van der Waals surface area contributed by atoms with Crippen molar-refractivity contribution >= 4 is 5.91 Å². The Kier molecular flexibility index (Phi) is 3.87. The second-order valence-corrected chi connectivity index (χ2v) is 4.99. The van der Waals surface area contributed by atoms with Crippen LogP contribution in [-0.4, -0.2) is 28.3 Å². The average Bonchev–Trinajstić information content (AvgIpc) is 2.73. The standard InChI is InChI=1S/C14H19NO3/c1-9(10-3-2-4-12(16)7-10)14(18)15-11-5-6-13(17)8-11/h2-4,7,9,11,13,16-17H,5-6,8H2,1H3,(H,15,18)/t9?,11-,13+/m1/s1. The van der Waals surface area contributed by atoms with Gasteiger partial charge in [-0.05, 0) is 43.9 Å². The van der Waals surface area contributed by atoms with Gasteiger partial charge in [0.2, 0.25) is 5.91 Å². The van der Waals surface area contributed by atoms with Crippen molar-refractivity contribution in [1.29, 1.82) is 0 Å². The van der Waals surface area contributed by atoms with Crippen molar-refractivity contribution in [2.75, 3.05) is 0 Å². The maximum atomic E-state index is 12.0. The molecule has 1 fully saturated rings. The monoisotopic (exact) mass is 249 g/mol. The van der Waals surface area contributed by atoms with Crippen LogP contribution in [0.4, 0.5) is 0 Å². The molecule has 0 radical (unpaired) electrons. The number of carbonyl (C=O) groups is 1. The molecule has 0 spiro atoms. The Morgan fingerprint density at radius 1 is 1.44 bits per heavy atom. The van der Waals surface area contributed by atoms with Crippen molar-refractivity contribution in [1.82, 2.24) is 5.32 Å². The SMILES string of the molecule is CC(C(=O)N[C@@H]1CC[C@H](O)C1)c1cccc(O)c1. The van der Waals surface area contributed by atoms with E-state index in [1.807, 2.05) is 13.0 Å². The number of amides is 1. The van der Waals surface area contributed by atoms with Crippen LogP contribution in [0.5, 0.6) is 5.75 Å². The Labute approximate surface area is 107 Å². The Morgan fingerprint density at radius 3 is 2.83 bits per heavy atom. The Morgan fingerprint density at radius 2 is 2.22 bits per heavy atom. The van der Waals surface area contributed by atoms with Gasteiger partial charge in [0.05, 0.1) is 12.0 Å². The molecule has 1 aromatic carbocycles. The molecule has 3 N–H and O–H groups in total. The molecule has 1 aliphatic carbocycles. The van der Waals surface area contributed by atoms with E-state index in [9.17, 15) is 15.0 Å². The third-order valence-electron chi connectivity index (χ3n) is 3.51. The van der Waals surface area contributed by atoms with E-state index in [1.54, 1.807) is 18.2 Å². The summed E-state index contributed by atoms with van der Waals surface area (Å²) in [7, 11) is 0. The molecule has 3 atom stereocenters. The van der Waals surface area contributed by atoms with Crippen molar-refractivity contribution in [3.63, 3.8) is 0 Å². The van der Waals surface area contributed by atoms with E-state index in [2.05, 4.69) is 5.32 Å². The average molecular weight is 249 g/mol. The highest BCUT2D eigenvalue weighted by molar-refractivity contribution is 5.83. The fourth-order valence-electron chi connectivity index (χ4n) is 2.36. The maximum Gasteiger partial charge on any atom is 0.227 e. The Hall–Kier alpha value is -1.55. The zero-order chi connectivity index (χ0) is 13.1. The van der Waals surface area contributed by atoms with E-state index in [0.717, 1.165) is 18.4 Å². The number of hydrogen-bond donors (Lipinski definition) is 3. The third kappa shape index (κ3) is 3.01. The summed E-state index contributed by atoms with van der Waals surface area (Å²) in [4.78, 5) is 12.0. The molecule has 1 aliphatic rings. The lowest BCUT2D eigenvalue weighted by Gasteiger charge is -2.17. The van der Waals surface area contributed by atoms with Crippen molar-refractivity contribution in [3.05, 3.63) is 29.8 Å². The molecule has 0 bridgehead atoms. The van der Waals surface area contributed by atoms with Crippen LogP contribution in [0.1, 0.15) is 37.7 Å². The molecule has 4 nitrogen and oxygen atoms in total. The Balaban J connectivity index is 1.96. The van der Waals surface area contributed by atoms with E-state index in [4.69, 9.17) is 0 Å². The van der Waals surface area contributed by atoms with Gasteiger partial charge in [-0.25, -0.2) is 0 Å².